The van der Waals surface area contributed by atoms with E-state index in [1.165, 1.54) is 32.8 Å². The molecule has 0 aromatic heterocycles. The van der Waals surface area contributed by atoms with E-state index in [0.717, 1.165) is 31.6 Å². The third-order valence-corrected chi connectivity index (χ3v) is 7.86. The molecule has 2 heterocycles. The molecule has 2 atom stereocenters. The van der Waals surface area contributed by atoms with Gasteiger partial charge < -0.3 is 34.1 Å². The molecular formula is C30H41N3O6. The van der Waals surface area contributed by atoms with Crippen LogP contribution in [0.15, 0.2) is 30.3 Å². The van der Waals surface area contributed by atoms with Crippen LogP contribution in [0.4, 0.5) is 0 Å². The average molecular weight is 540 g/mol. The first-order chi connectivity index (χ1) is 18.9. The van der Waals surface area contributed by atoms with Gasteiger partial charge in [0.2, 0.25) is 5.91 Å². The average Bonchev–Trinajstić information content (AvgIpc) is 3.24. The number of hydrogen-bond acceptors (Lipinski definition) is 7. The lowest BCUT2D eigenvalue weighted by Crippen LogP contribution is -2.46. The van der Waals surface area contributed by atoms with Crippen LogP contribution in [0.2, 0.25) is 0 Å². The highest BCUT2D eigenvalue weighted by Gasteiger charge is 2.43. The Morgan fingerprint density at radius 3 is 2.13 bits per heavy atom. The summed E-state index contributed by atoms with van der Waals surface area (Å²) in [6, 6.07) is 8.37. The number of ether oxygens (including phenoxy) is 4. The molecule has 1 N–H and O–H groups in total. The van der Waals surface area contributed by atoms with Crippen LogP contribution in [-0.2, 0) is 4.79 Å². The summed E-state index contributed by atoms with van der Waals surface area (Å²) in [6.07, 6.45) is 5.94. The molecule has 39 heavy (non-hydrogen) atoms. The monoisotopic (exact) mass is 539 g/mol. The minimum Gasteiger partial charge on any atom is -0.493 e. The lowest BCUT2D eigenvalue weighted by molar-refractivity contribution is -0.124. The van der Waals surface area contributed by atoms with Crippen molar-refractivity contribution >= 4 is 11.8 Å². The summed E-state index contributed by atoms with van der Waals surface area (Å²) in [4.78, 5) is 31.7. The minimum atomic E-state index is -0.668. The second-order valence-electron chi connectivity index (χ2n) is 10.1. The van der Waals surface area contributed by atoms with Gasteiger partial charge >= 0.3 is 0 Å². The molecule has 0 spiro atoms. The number of fused-ring (bicyclic) bond motifs is 1. The molecular weight excluding hydrogens is 498 g/mol. The molecule has 0 saturated carbocycles. The number of nitrogens with zero attached hydrogens (tertiary/aromatic N) is 2. The molecule has 212 valence electrons. The van der Waals surface area contributed by atoms with Gasteiger partial charge in [0.05, 0.1) is 40.4 Å². The zero-order chi connectivity index (χ0) is 27.9. The second-order valence-corrected chi connectivity index (χ2v) is 10.1. The van der Waals surface area contributed by atoms with Crippen LogP contribution in [0.3, 0.4) is 0 Å². The first-order valence-corrected chi connectivity index (χ1v) is 13.7. The number of methoxy groups -OCH3 is 4. The molecule has 0 radical (unpaired) electrons. The fraction of sp³-hybridized carbons (Fsp3) is 0.533. The van der Waals surface area contributed by atoms with Gasteiger partial charge in [-0.3, -0.25) is 9.59 Å². The van der Waals surface area contributed by atoms with Crippen LogP contribution < -0.4 is 24.3 Å². The summed E-state index contributed by atoms with van der Waals surface area (Å²) in [5.41, 5.74) is 1.81. The number of nitrogens with one attached hydrogen (secondary N) is 1. The number of hydrogen-bond donors (Lipinski definition) is 1. The molecule has 9 heteroatoms. The van der Waals surface area contributed by atoms with E-state index >= 15 is 0 Å². The standard InChI is InChI=1S/C30H41N3O6/c1-32-28(20-11-12-23(36-2)24(17-20)37-3)27(21-18-25(38-4)26(39-5)19-22(21)30(32)35)29(34)31-13-10-16-33-14-8-6-7-9-15-33/h11-12,17-19,27-28H,6-10,13-16H2,1-5H3,(H,31,34)/t27-,28+/m1/s1. The highest BCUT2D eigenvalue weighted by molar-refractivity contribution is 6.02. The van der Waals surface area contributed by atoms with E-state index in [9.17, 15) is 9.59 Å². The van der Waals surface area contributed by atoms with E-state index in [4.69, 9.17) is 18.9 Å². The molecule has 1 fully saturated rings. The third kappa shape index (κ3) is 6.08. The van der Waals surface area contributed by atoms with Crippen molar-refractivity contribution in [3.05, 3.63) is 47.0 Å². The van der Waals surface area contributed by atoms with Gasteiger partial charge in [0.15, 0.2) is 23.0 Å². The molecule has 2 aliphatic heterocycles. The number of carbonyl (C=O) groups is 2. The molecule has 0 bridgehead atoms. The molecule has 1 saturated heterocycles. The predicted molar refractivity (Wildman–Crippen MR) is 149 cm³/mol. The van der Waals surface area contributed by atoms with Crippen LogP contribution in [0.25, 0.3) is 0 Å². The van der Waals surface area contributed by atoms with Crippen LogP contribution in [-0.4, -0.2) is 83.3 Å². The maximum atomic E-state index is 13.9. The highest BCUT2D eigenvalue weighted by Crippen LogP contribution is 2.46. The summed E-state index contributed by atoms with van der Waals surface area (Å²) < 4.78 is 22.0. The Morgan fingerprint density at radius 2 is 1.49 bits per heavy atom. The number of likely N-dealkylation sites (tertiary alicyclic amines) is 1. The Labute approximate surface area is 231 Å². The second kappa shape index (κ2) is 13.1. The Bertz CT molecular complexity index is 1160. The number of likely N-dealkylation sites (N-methyl/N-ethyl adjacent to an activating group) is 1. The van der Waals surface area contributed by atoms with Gasteiger partial charge in [-0.2, -0.15) is 0 Å². The Balaban J connectivity index is 1.66. The van der Waals surface area contributed by atoms with Crippen molar-refractivity contribution in [2.45, 2.75) is 44.1 Å². The molecule has 0 unspecified atom stereocenters. The normalized spacial score (nSPS) is 19.6. The summed E-state index contributed by atoms with van der Waals surface area (Å²) in [5.74, 6) is 1.02. The van der Waals surface area contributed by atoms with Crippen molar-refractivity contribution in [1.82, 2.24) is 15.1 Å². The first-order valence-electron chi connectivity index (χ1n) is 13.7. The van der Waals surface area contributed by atoms with Crippen molar-refractivity contribution in [3.8, 4) is 23.0 Å². The van der Waals surface area contributed by atoms with Gasteiger partial charge in [0.1, 0.15) is 0 Å². The smallest absolute Gasteiger partial charge is 0.254 e. The van der Waals surface area contributed by atoms with E-state index in [2.05, 4.69) is 10.2 Å². The van der Waals surface area contributed by atoms with Crippen molar-refractivity contribution < 1.29 is 28.5 Å². The SMILES string of the molecule is COc1ccc([C@H]2[C@H](C(=O)NCCCN3CCCCCC3)c3cc(OC)c(OC)cc3C(=O)N2C)cc1OC. The zero-order valence-corrected chi connectivity index (χ0v) is 23.7. The van der Waals surface area contributed by atoms with E-state index in [-0.39, 0.29) is 11.8 Å². The first kappa shape index (κ1) is 28.5. The van der Waals surface area contributed by atoms with Crippen LogP contribution in [0, 0.1) is 0 Å². The van der Waals surface area contributed by atoms with Gasteiger partial charge in [-0.05, 0) is 74.3 Å². The van der Waals surface area contributed by atoms with Crippen molar-refractivity contribution in [2.24, 2.45) is 0 Å². The lowest BCUT2D eigenvalue weighted by Gasteiger charge is -2.40. The third-order valence-electron chi connectivity index (χ3n) is 7.86. The lowest BCUT2D eigenvalue weighted by atomic mass is 9.79. The Kier molecular flexibility index (Phi) is 9.56. The Hall–Kier alpha value is -3.46. The number of benzene rings is 2. The van der Waals surface area contributed by atoms with Gasteiger partial charge in [0.25, 0.3) is 5.91 Å². The quantitative estimate of drug-likeness (QED) is 0.456. The Morgan fingerprint density at radius 1 is 0.872 bits per heavy atom. The van der Waals surface area contributed by atoms with E-state index in [0.29, 0.717) is 40.7 Å². The minimum absolute atomic E-state index is 0.140. The summed E-state index contributed by atoms with van der Waals surface area (Å²) >= 11 is 0. The largest absolute Gasteiger partial charge is 0.493 e. The van der Waals surface area contributed by atoms with Crippen LogP contribution in [0.1, 0.15) is 65.5 Å². The number of rotatable bonds is 10. The van der Waals surface area contributed by atoms with E-state index < -0.39 is 12.0 Å². The number of carbonyl (C=O) groups excluding carboxylic acids is 2. The summed E-state index contributed by atoms with van der Waals surface area (Å²) in [6.45, 7) is 3.77. The molecule has 4 rings (SSSR count). The van der Waals surface area contributed by atoms with Gasteiger partial charge in [0, 0.05) is 19.2 Å². The predicted octanol–water partition coefficient (Wildman–Crippen LogP) is 4.01. The van der Waals surface area contributed by atoms with Gasteiger partial charge in [-0.1, -0.05) is 18.9 Å². The fourth-order valence-corrected chi connectivity index (χ4v) is 5.77. The topological polar surface area (TPSA) is 89.6 Å². The van der Waals surface area contributed by atoms with Gasteiger partial charge in [-0.15, -0.1) is 0 Å². The van der Waals surface area contributed by atoms with Crippen LogP contribution in [0.5, 0.6) is 23.0 Å². The van der Waals surface area contributed by atoms with Crippen LogP contribution >= 0.6 is 0 Å². The molecule has 2 aromatic rings. The zero-order valence-electron chi connectivity index (χ0n) is 23.7. The van der Waals surface area contributed by atoms with Gasteiger partial charge in [-0.25, -0.2) is 0 Å². The molecule has 9 nitrogen and oxygen atoms in total. The number of amides is 2. The summed E-state index contributed by atoms with van der Waals surface area (Å²) in [7, 11) is 7.94. The molecule has 0 aliphatic carbocycles. The highest BCUT2D eigenvalue weighted by atomic mass is 16.5. The van der Waals surface area contributed by atoms with Crippen molar-refractivity contribution in [2.75, 3.05) is 61.7 Å². The molecule has 2 amide bonds. The van der Waals surface area contributed by atoms with E-state index in [1.807, 2.05) is 12.1 Å². The fourth-order valence-electron chi connectivity index (χ4n) is 5.77. The molecule has 2 aliphatic rings. The maximum Gasteiger partial charge on any atom is 0.254 e. The summed E-state index contributed by atoms with van der Waals surface area (Å²) in [5, 5.41) is 3.17. The molecule has 2 aromatic carbocycles. The van der Waals surface area contributed by atoms with E-state index in [1.54, 1.807) is 51.5 Å². The van der Waals surface area contributed by atoms with Crippen molar-refractivity contribution in [1.29, 1.82) is 0 Å². The van der Waals surface area contributed by atoms with Crippen molar-refractivity contribution in [3.63, 3.8) is 0 Å². The maximum absolute atomic E-state index is 13.9.